The molecule has 3 heterocycles. The Balaban J connectivity index is 1.02. The zero-order valence-corrected chi connectivity index (χ0v) is 33.9. The lowest BCUT2D eigenvalue weighted by molar-refractivity contribution is -0.138. The van der Waals surface area contributed by atoms with Crippen LogP contribution in [0.2, 0.25) is 0 Å². The summed E-state index contributed by atoms with van der Waals surface area (Å²) in [6.07, 6.45) is 4.53. The standard InChI is InChI=1S/C47H54N8O2/c1-7-28-54(46(56)43(52(3)4)37-15-10-8-11-16-37)31-41-48-30-39(50-41)35-24-20-33(21-25-35)34-22-26-36(27-23-34)42-32(2)49-45(51-42)40-19-14-29-55(40)47(57)44(53(5)6)38-17-12-9-13-18-38/h8-13,15-18,20-27,30,40,43-44H,7,14,19,28-29,31H2,1-6H3,(H,48,50)(H,49,51)/t40-,43+,44+/m0/s1. The molecular weight excluding hydrogens is 709 g/mol. The lowest BCUT2D eigenvalue weighted by Gasteiger charge is -2.31. The molecule has 0 spiro atoms. The minimum Gasteiger partial charge on any atom is -0.344 e. The van der Waals surface area contributed by atoms with E-state index in [0.29, 0.717) is 13.1 Å². The first-order chi connectivity index (χ1) is 27.6. The van der Waals surface area contributed by atoms with Crippen LogP contribution in [0.1, 0.15) is 72.8 Å². The summed E-state index contributed by atoms with van der Waals surface area (Å²) in [5.74, 6) is 1.77. The summed E-state index contributed by atoms with van der Waals surface area (Å²) in [4.78, 5) is 52.5. The van der Waals surface area contributed by atoms with Crippen molar-refractivity contribution in [3.8, 4) is 33.6 Å². The van der Waals surface area contributed by atoms with E-state index in [2.05, 4.69) is 77.3 Å². The third kappa shape index (κ3) is 8.62. The van der Waals surface area contributed by atoms with Gasteiger partial charge in [0.15, 0.2) is 0 Å². The van der Waals surface area contributed by atoms with Crippen molar-refractivity contribution in [1.29, 1.82) is 0 Å². The molecule has 4 aromatic carbocycles. The summed E-state index contributed by atoms with van der Waals surface area (Å²) in [5, 5.41) is 0. The van der Waals surface area contributed by atoms with Crippen LogP contribution in [0.5, 0.6) is 0 Å². The number of H-pyrrole nitrogens is 2. The number of nitrogens with one attached hydrogen (secondary N) is 2. The van der Waals surface area contributed by atoms with E-state index in [9.17, 15) is 9.59 Å². The second-order valence-corrected chi connectivity index (χ2v) is 15.5. The fourth-order valence-electron chi connectivity index (χ4n) is 8.13. The number of benzene rings is 4. The number of likely N-dealkylation sites (tertiary alicyclic amines) is 1. The summed E-state index contributed by atoms with van der Waals surface area (Å²) in [5.41, 5.74) is 9.05. The van der Waals surface area contributed by atoms with E-state index in [1.807, 2.05) is 115 Å². The van der Waals surface area contributed by atoms with Gasteiger partial charge in [-0.3, -0.25) is 19.4 Å². The van der Waals surface area contributed by atoms with Gasteiger partial charge < -0.3 is 19.8 Å². The summed E-state index contributed by atoms with van der Waals surface area (Å²) >= 11 is 0. The van der Waals surface area contributed by atoms with Gasteiger partial charge in [-0.1, -0.05) is 116 Å². The number of aromatic amines is 2. The van der Waals surface area contributed by atoms with E-state index >= 15 is 0 Å². The number of hydrogen-bond acceptors (Lipinski definition) is 6. The van der Waals surface area contributed by atoms with Crippen LogP contribution >= 0.6 is 0 Å². The smallest absolute Gasteiger partial charge is 0.245 e. The number of rotatable bonds is 14. The van der Waals surface area contributed by atoms with Crippen molar-refractivity contribution in [3.63, 3.8) is 0 Å². The summed E-state index contributed by atoms with van der Waals surface area (Å²) in [6.45, 7) is 5.92. The zero-order chi connectivity index (χ0) is 40.1. The van der Waals surface area contributed by atoms with Gasteiger partial charge in [0.25, 0.3) is 0 Å². The fraction of sp³-hybridized carbons (Fsp3) is 0.319. The summed E-state index contributed by atoms with van der Waals surface area (Å²) in [7, 11) is 7.82. The van der Waals surface area contributed by atoms with Gasteiger partial charge in [-0.15, -0.1) is 0 Å². The van der Waals surface area contributed by atoms with Crippen molar-refractivity contribution in [2.24, 2.45) is 0 Å². The quantitative estimate of drug-likeness (QED) is 0.116. The maximum absolute atomic E-state index is 14.0. The summed E-state index contributed by atoms with van der Waals surface area (Å²) in [6, 6.07) is 36.1. The van der Waals surface area contributed by atoms with E-state index in [1.54, 1.807) is 0 Å². The molecule has 2 amide bonds. The van der Waals surface area contributed by atoms with Crippen LogP contribution in [-0.2, 0) is 16.1 Å². The average Bonchev–Trinajstić information content (AvgIpc) is 3.99. The van der Waals surface area contributed by atoms with Gasteiger partial charge in [-0.2, -0.15) is 0 Å². The largest absolute Gasteiger partial charge is 0.344 e. The van der Waals surface area contributed by atoms with E-state index in [4.69, 9.17) is 4.98 Å². The molecule has 57 heavy (non-hydrogen) atoms. The molecule has 0 saturated carbocycles. The Kier molecular flexibility index (Phi) is 12.1. The first-order valence-corrected chi connectivity index (χ1v) is 20.0. The molecular formula is C47H54N8O2. The average molecular weight is 763 g/mol. The molecule has 1 aliphatic heterocycles. The van der Waals surface area contributed by atoms with Gasteiger partial charge in [-0.25, -0.2) is 9.97 Å². The Morgan fingerprint density at radius 3 is 1.89 bits per heavy atom. The van der Waals surface area contributed by atoms with Crippen molar-refractivity contribution in [2.75, 3.05) is 41.3 Å². The molecule has 6 aromatic rings. The van der Waals surface area contributed by atoms with E-state index in [0.717, 1.165) is 87.9 Å². The van der Waals surface area contributed by atoms with E-state index in [-0.39, 0.29) is 29.9 Å². The minimum atomic E-state index is -0.365. The third-order valence-electron chi connectivity index (χ3n) is 10.9. The second kappa shape index (κ2) is 17.5. The number of aryl methyl sites for hydroxylation is 1. The van der Waals surface area contributed by atoms with Crippen LogP contribution in [0.3, 0.4) is 0 Å². The highest BCUT2D eigenvalue weighted by Gasteiger charge is 2.37. The van der Waals surface area contributed by atoms with Crippen LogP contribution in [0.25, 0.3) is 33.6 Å². The van der Waals surface area contributed by atoms with Gasteiger partial charge >= 0.3 is 0 Å². The van der Waals surface area contributed by atoms with Crippen molar-refractivity contribution in [2.45, 2.75) is 57.8 Å². The Morgan fingerprint density at radius 2 is 1.32 bits per heavy atom. The molecule has 294 valence electrons. The molecule has 2 N–H and O–H groups in total. The molecule has 10 nitrogen and oxygen atoms in total. The molecule has 0 bridgehead atoms. The highest BCUT2D eigenvalue weighted by atomic mass is 16.2. The lowest BCUT2D eigenvalue weighted by Crippen LogP contribution is -2.40. The second-order valence-electron chi connectivity index (χ2n) is 15.5. The predicted octanol–water partition coefficient (Wildman–Crippen LogP) is 8.45. The Morgan fingerprint density at radius 1 is 0.754 bits per heavy atom. The molecule has 7 rings (SSSR count). The zero-order valence-electron chi connectivity index (χ0n) is 33.9. The SMILES string of the molecule is CCCN(Cc1ncc(-c2ccc(-c3ccc(-c4nc([C@@H]5CCCN5C(=O)[C@@H](c5ccccc5)N(C)C)[nH]c4C)cc3)cc2)[nH]1)C(=O)[C@@H](c1ccccc1)N(C)C. The maximum Gasteiger partial charge on any atom is 0.245 e. The molecule has 0 unspecified atom stereocenters. The Labute approximate surface area is 336 Å². The van der Waals surface area contributed by atoms with Crippen molar-refractivity contribution >= 4 is 11.8 Å². The fourth-order valence-corrected chi connectivity index (χ4v) is 8.13. The van der Waals surface area contributed by atoms with Crippen LogP contribution in [-0.4, -0.2) is 92.6 Å². The molecule has 3 atom stereocenters. The highest BCUT2D eigenvalue weighted by molar-refractivity contribution is 5.84. The molecule has 1 fully saturated rings. The maximum atomic E-state index is 14.0. The first kappa shape index (κ1) is 39.4. The molecule has 2 aromatic heterocycles. The third-order valence-corrected chi connectivity index (χ3v) is 10.9. The number of hydrogen-bond donors (Lipinski definition) is 2. The van der Waals surface area contributed by atoms with Crippen molar-refractivity contribution < 1.29 is 9.59 Å². The van der Waals surface area contributed by atoms with Gasteiger partial charge in [0, 0.05) is 24.3 Å². The van der Waals surface area contributed by atoms with Crippen LogP contribution in [0, 0.1) is 6.92 Å². The van der Waals surface area contributed by atoms with Crippen LogP contribution < -0.4 is 0 Å². The van der Waals surface area contributed by atoms with Crippen LogP contribution in [0.4, 0.5) is 0 Å². The minimum absolute atomic E-state index is 0.0639. The Bertz CT molecular complexity index is 2240. The van der Waals surface area contributed by atoms with Gasteiger partial charge in [-0.05, 0) is 82.2 Å². The van der Waals surface area contributed by atoms with Crippen LogP contribution in [0.15, 0.2) is 115 Å². The van der Waals surface area contributed by atoms with Gasteiger partial charge in [0.05, 0.1) is 30.2 Å². The number of aromatic nitrogens is 4. The van der Waals surface area contributed by atoms with Gasteiger partial charge in [0.1, 0.15) is 23.7 Å². The molecule has 1 aliphatic rings. The normalized spacial score (nSPS) is 15.3. The van der Waals surface area contributed by atoms with Crippen molar-refractivity contribution in [3.05, 3.63) is 144 Å². The predicted molar refractivity (Wildman–Crippen MR) is 227 cm³/mol. The topological polar surface area (TPSA) is 104 Å². The number of imidazole rings is 2. The van der Waals surface area contributed by atoms with Crippen molar-refractivity contribution in [1.82, 2.24) is 39.5 Å². The highest BCUT2D eigenvalue weighted by Crippen LogP contribution is 2.36. The lowest BCUT2D eigenvalue weighted by atomic mass is 10.0. The monoisotopic (exact) mass is 762 g/mol. The van der Waals surface area contributed by atoms with E-state index in [1.165, 1.54) is 0 Å². The van der Waals surface area contributed by atoms with Gasteiger partial charge in [0.2, 0.25) is 11.8 Å². The molecule has 0 radical (unpaired) electrons. The molecule has 10 heteroatoms. The number of nitrogens with zero attached hydrogens (tertiary/aromatic N) is 6. The molecule has 0 aliphatic carbocycles. The Hall–Kier alpha value is -5.84. The number of likely N-dealkylation sites (N-methyl/N-ethyl adjacent to an activating group) is 2. The van der Waals surface area contributed by atoms with E-state index < -0.39 is 0 Å². The first-order valence-electron chi connectivity index (χ1n) is 20.0. The number of carbonyl (C=O) groups is 2. The molecule has 1 saturated heterocycles. The number of amides is 2. The number of carbonyl (C=O) groups excluding carboxylic acids is 2. The summed E-state index contributed by atoms with van der Waals surface area (Å²) < 4.78 is 0.